The lowest BCUT2D eigenvalue weighted by atomic mass is 10.2. The van der Waals surface area contributed by atoms with Crippen molar-refractivity contribution in [1.82, 2.24) is 14.8 Å². The Morgan fingerprint density at radius 2 is 1.91 bits per heavy atom. The zero-order valence-corrected chi connectivity index (χ0v) is 19.9. The van der Waals surface area contributed by atoms with Crippen molar-refractivity contribution in [2.45, 2.75) is 25.0 Å². The fourth-order valence-corrected chi connectivity index (χ4v) is 3.89. The number of ether oxygens (including phenoxy) is 1. The minimum atomic E-state index is -0.233. The quantitative estimate of drug-likeness (QED) is 0.327. The number of anilines is 2. The van der Waals surface area contributed by atoms with Crippen molar-refractivity contribution in [3.8, 4) is 5.75 Å². The van der Waals surface area contributed by atoms with Gasteiger partial charge in [0.25, 0.3) is 0 Å². The molecular weight excluding hydrogens is 462 g/mol. The first kappa shape index (κ1) is 24.3. The second kappa shape index (κ2) is 11.5. The van der Waals surface area contributed by atoms with Gasteiger partial charge in [-0.3, -0.25) is 9.59 Å². The van der Waals surface area contributed by atoms with E-state index in [0.29, 0.717) is 39.7 Å². The number of allylic oxidation sites excluding steroid dienone is 1. The normalized spacial score (nSPS) is 10.5. The average molecular weight is 486 g/mol. The van der Waals surface area contributed by atoms with Gasteiger partial charge in [-0.15, -0.1) is 16.8 Å². The Morgan fingerprint density at radius 3 is 2.61 bits per heavy atom. The van der Waals surface area contributed by atoms with E-state index in [4.69, 9.17) is 16.3 Å². The van der Waals surface area contributed by atoms with E-state index in [0.717, 1.165) is 5.56 Å². The topological polar surface area (TPSA) is 98.1 Å². The number of carbonyl (C=O) groups is 2. The van der Waals surface area contributed by atoms with Crippen LogP contribution in [0.3, 0.4) is 0 Å². The van der Waals surface area contributed by atoms with Crippen LogP contribution in [0.15, 0.2) is 60.3 Å². The van der Waals surface area contributed by atoms with Crippen LogP contribution in [0, 0.1) is 6.92 Å². The number of aromatic nitrogens is 3. The van der Waals surface area contributed by atoms with Crippen LogP contribution in [0.2, 0.25) is 5.02 Å². The Labute approximate surface area is 201 Å². The highest BCUT2D eigenvalue weighted by Gasteiger charge is 2.17. The summed E-state index contributed by atoms with van der Waals surface area (Å²) in [5.74, 6) is 0.879. The Kier molecular flexibility index (Phi) is 8.51. The third kappa shape index (κ3) is 6.59. The number of nitrogens with one attached hydrogen (secondary N) is 2. The van der Waals surface area contributed by atoms with Gasteiger partial charge in [0, 0.05) is 22.9 Å². The third-order valence-electron chi connectivity index (χ3n) is 4.67. The summed E-state index contributed by atoms with van der Waals surface area (Å²) < 4.78 is 6.89. The molecule has 1 aromatic heterocycles. The molecule has 0 unspecified atom stereocenters. The van der Waals surface area contributed by atoms with E-state index in [1.165, 1.54) is 11.8 Å². The van der Waals surface area contributed by atoms with E-state index in [9.17, 15) is 9.59 Å². The van der Waals surface area contributed by atoms with Gasteiger partial charge in [-0.2, -0.15) is 0 Å². The summed E-state index contributed by atoms with van der Waals surface area (Å²) in [6.45, 7) is 6.01. The molecule has 3 aromatic rings. The van der Waals surface area contributed by atoms with E-state index in [1.807, 2.05) is 6.92 Å². The largest absolute Gasteiger partial charge is 0.497 e. The second-order valence-corrected chi connectivity index (χ2v) is 8.35. The zero-order chi connectivity index (χ0) is 23.8. The SMILES string of the molecule is C=CCn1c(CC(=O)Nc2ccc(OC)cc2)nnc1SCC(=O)Nc1cccc(Cl)c1C. The van der Waals surface area contributed by atoms with Crippen LogP contribution in [-0.2, 0) is 22.6 Å². The maximum atomic E-state index is 12.5. The molecule has 0 spiro atoms. The van der Waals surface area contributed by atoms with Crippen LogP contribution in [0.4, 0.5) is 11.4 Å². The molecule has 10 heteroatoms. The number of hydrogen-bond acceptors (Lipinski definition) is 6. The summed E-state index contributed by atoms with van der Waals surface area (Å²) in [6, 6.07) is 12.4. The van der Waals surface area contributed by atoms with Crippen molar-refractivity contribution in [3.63, 3.8) is 0 Å². The summed E-state index contributed by atoms with van der Waals surface area (Å²) in [5.41, 5.74) is 2.12. The molecule has 2 aromatic carbocycles. The lowest BCUT2D eigenvalue weighted by Gasteiger charge is -2.10. The Balaban J connectivity index is 1.62. The van der Waals surface area contributed by atoms with E-state index in [2.05, 4.69) is 27.4 Å². The van der Waals surface area contributed by atoms with Crippen LogP contribution in [0.25, 0.3) is 0 Å². The van der Waals surface area contributed by atoms with Crippen LogP contribution in [-0.4, -0.2) is 39.4 Å². The molecule has 0 bridgehead atoms. The molecule has 3 rings (SSSR count). The molecule has 0 aliphatic rings. The number of nitrogens with zero attached hydrogens (tertiary/aromatic N) is 3. The minimum Gasteiger partial charge on any atom is -0.497 e. The van der Waals surface area contributed by atoms with Crippen LogP contribution in [0.5, 0.6) is 5.75 Å². The maximum absolute atomic E-state index is 12.5. The standard InChI is InChI=1S/C23H24ClN5O3S/c1-4-12-29-20(13-21(30)25-16-8-10-17(32-3)11-9-16)27-28-23(29)33-14-22(31)26-19-7-5-6-18(24)15(19)2/h4-11H,1,12-14H2,2-3H3,(H,25,30)(H,26,31). The molecule has 1 heterocycles. The van der Waals surface area contributed by atoms with Gasteiger partial charge >= 0.3 is 0 Å². The van der Waals surface area contributed by atoms with Crippen molar-refractivity contribution in [2.75, 3.05) is 23.5 Å². The lowest BCUT2D eigenvalue weighted by Crippen LogP contribution is -2.18. The first-order valence-corrected chi connectivity index (χ1v) is 11.4. The van der Waals surface area contributed by atoms with Gasteiger partial charge < -0.3 is 19.9 Å². The number of halogens is 1. The Hall–Kier alpha value is -3.30. The number of carbonyl (C=O) groups excluding carboxylic acids is 2. The molecule has 0 aliphatic carbocycles. The van der Waals surface area contributed by atoms with Crippen molar-refractivity contribution in [2.24, 2.45) is 0 Å². The number of hydrogen-bond donors (Lipinski definition) is 2. The molecular formula is C23H24ClN5O3S. The number of thioether (sulfide) groups is 1. The van der Waals surface area contributed by atoms with E-state index < -0.39 is 0 Å². The van der Waals surface area contributed by atoms with Gasteiger partial charge in [0.2, 0.25) is 11.8 Å². The van der Waals surface area contributed by atoms with Crippen LogP contribution >= 0.6 is 23.4 Å². The number of amides is 2. The van der Waals surface area contributed by atoms with Crippen molar-refractivity contribution in [3.05, 3.63) is 71.5 Å². The summed E-state index contributed by atoms with van der Waals surface area (Å²) in [7, 11) is 1.58. The third-order valence-corrected chi connectivity index (χ3v) is 6.05. The highest BCUT2D eigenvalue weighted by molar-refractivity contribution is 7.99. The molecule has 2 N–H and O–H groups in total. The first-order chi connectivity index (χ1) is 15.9. The van der Waals surface area contributed by atoms with Crippen molar-refractivity contribution < 1.29 is 14.3 Å². The lowest BCUT2D eigenvalue weighted by molar-refractivity contribution is -0.116. The molecule has 0 fully saturated rings. The molecule has 172 valence electrons. The van der Waals surface area contributed by atoms with E-state index in [1.54, 1.807) is 60.2 Å². The van der Waals surface area contributed by atoms with Gasteiger partial charge in [0.05, 0.1) is 19.3 Å². The molecule has 8 nitrogen and oxygen atoms in total. The van der Waals surface area contributed by atoms with E-state index in [-0.39, 0.29) is 24.0 Å². The smallest absolute Gasteiger partial charge is 0.234 e. The molecule has 0 radical (unpaired) electrons. The van der Waals surface area contributed by atoms with Crippen molar-refractivity contribution in [1.29, 1.82) is 0 Å². The molecule has 33 heavy (non-hydrogen) atoms. The maximum Gasteiger partial charge on any atom is 0.234 e. The summed E-state index contributed by atoms with van der Waals surface area (Å²) in [5, 5.41) is 15.1. The fraction of sp³-hybridized carbons (Fsp3) is 0.217. The number of benzene rings is 2. The Morgan fingerprint density at radius 1 is 1.15 bits per heavy atom. The summed E-state index contributed by atoms with van der Waals surface area (Å²) >= 11 is 7.34. The first-order valence-electron chi connectivity index (χ1n) is 10.1. The summed E-state index contributed by atoms with van der Waals surface area (Å²) in [4.78, 5) is 24.9. The minimum absolute atomic E-state index is 0.0291. The van der Waals surface area contributed by atoms with Gasteiger partial charge in [-0.05, 0) is 48.9 Å². The van der Waals surface area contributed by atoms with Crippen molar-refractivity contribution >= 4 is 46.6 Å². The zero-order valence-electron chi connectivity index (χ0n) is 18.3. The average Bonchev–Trinajstić information content (AvgIpc) is 3.17. The van der Waals surface area contributed by atoms with Gasteiger partial charge in [-0.25, -0.2) is 0 Å². The number of methoxy groups -OCH3 is 1. The second-order valence-electron chi connectivity index (χ2n) is 7.00. The van der Waals surface area contributed by atoms with Gasteiger partial charge in [0.15, 0.2) is 5.16 Å². The molecule has 0 atom stereocenters. The monoisotopic (exact) mass is 485 g/mol. The predicted molar refractivity (Wildman–Crippen MR) is 131 cm³/mol. The number of rotatable bonds is 10. The van der Waals surface area contributed by atoms with Crippen LogP contribution < -0.4 is 15.4 Å². The Bertz CT molecular complexity index is 1150. The highest BCUT2D eigenvalue weighted by atomic mass is 35.5. The molecule has 0 aliphatic heterocycles. The highest BCUT2D eigenvalue weighted by Crippen LogP contribution is 2.24. The van der Waals surface area contributed by atoms with Gasteiger partial charge in [0.1, 0.15) is 11.6 Å². The molecule has 0 saturated heterocycles. The molecule has 2 amide bonds. The van der Waals surface area contributed by atoms with E-state index >= 15 is 0 Å². The molecule has 0 saturated carbocycles. The van der Waals surface area contributed by atoms with Crippen LogP contribution in [0.1, 0.15) is 11.4 Å². The van der Waals surface area contributed by atoms with Gasteiger partial charge in [-0.1, -0.05) is 35.5 Å². The fourth-order valence-electron chi connectivity index (χ4n) is 2.95. The summed E-state index contributed by atoms with van der Waals surface area (Å²) in [6.07, 6.45) is 1.72. The predicted octanol–water partition coefficient (Wildman–Crippen LogP) is 4.35.